The van der Waals surface area contributed by atoms with Gasteiger partial charge < -0.3 is 14.9 Å². The number of aliphatic hydroxyl groups is 2. The number of rotatable bonds is 1. The third-order valence-electron chi connectivity index (χ3n) is 1.34. The Bertz CT molecular complexity index is 154. The van der Waals surface area contributed by atoms with Crippen LogP contribution in [0.1, 0.15) is 6.92 Å². The second-order valence-electron chi connectivity index (χ2n) is 2.46. The standard InChI is InChI=1S/C6H10O4/c1-3-5(2)4-9-6(7,8)10-5/h3,7-8H,1,4H2,2H3. The van der Waals surface area contributed by atoms with Crippen LogP contribution in [0.3, 0.4) is 0 Å². The average Bonchev–Trinajstić information content (AvgIpc) is 2.08. The molecule has 0 amide bonds. The fraction of sp³-hybridized carbons (Fsp3) is 0.667. The van der Waals surface area contributed by atoms with E-state index in [0.29, 0.717) is 0 Å². The Hall–Kier alpha value is -0.420. The maximum Gasteiger partial charge on any atom is 0.408 e. The van der Waals surface area contributed by atoms with Crippen molar-refractivity contribution in [1.29, 1.82) is 0 Å². The van der Waals surface area contributed by atoms with Crippen LogP contribution in [0.25, 0.3) is 0 Å². The zero-order chi connectivity index (χ0) is 7.83. The lowest BCUT2D eigenvalue weighted by molar-refractivity contribution is -0.437. The lowest BCUT2D eigenvalue weighted by Crippen LogP contribution is -2.32. The molecule has 1 rings (SSSR count). The normalized spacial score (nSPS) is 37.9. The zero-order valence-corrected chi connectivity index (χ0v) is 5.70. The van der Waals surface area contributed by atoms with Gasteiger partial charge >= 0.3 is 6.16 Å². The first kappa shape index (κ1) is 7.68. The molecule has 1 saturated heterocycles. The van der Waals surface area contributed by atoms with E-state index < -0.39 is 11.8 Å². The predicted octanol–water partition coefficient (Wildman–Crippen LogP) is -0.426. The van der Waals surface area contributed by atoms with Crippen LogP contribution in [-0.2, 0) is 9.47 Å². The summed E-state index contributed by atoms with van der Waals surface area (Å²) in [6, 6.07) is 0. The molecule has 0 aromatic carbocycles. The van der Waals surface area contributed by atoms with E-state index in [2.05, 4.69) is 16.1 Å². The van der Waals surface area contributed by atoms with Crippen LogP contribution in [-0.4, -0.2) is 28.6 Å². The lowest BCUT2D eigenvalue weighted by Gasteiger charge is -2.17. The molecule has 0 aromatic heterocycles. The largest absolute Gasteiger partial charge is 0.408 e. The summed E-state index contributed by atoms with van der Waals surface area (Å²) in [6.07, 6.45) is -0.982. The van der Waals surface area contributed by atoms with Gasteiger partial charge in [-0.15, -0.1) is 6.58 Å². The summed E-state index contributed by atoms with van der Waals surface area (Å²) in [5, 5.41) is 17.4. The molecule has 1 aliphatic rings. The van der Waals surface area contributed by atoms with Gasteiger partial charge in [0.2, 0.25) is 0 Å². The highest BCUT2D eigenvalue weighted by atomic mass is 17.0. The van der Waals surface area contributed by atoms with Crippen molar-refractivity contribution in [2.75, 3.05) is 6.61 Å². The second kappa shape index (κ2) is 2.03. The fourth-order valence-corrected chi connectivity index (χ4v) is 0.701. The molecule has 1 aliphatic heterocycles. The highest BCUT2D eigenvalue weighted by Crippen LogP contribution is 2.27. The minimum absolute atomic E-state index is 0.101. The first-order valence-corrected chi connectivity index (χ1v) is 2.90. The Morgan fingerprint density at radius 2 is 2.20 bits per heavy atom. The first-order chi connectivity index (χ1) is 4.47. The van der Waals surface area contributed by atoms with E-state index in [4.69, 9.17) is 10.2 Å². The van der Waals surface area contributed by atoms with Crippen molar-refractivity contribution < 1.29 is 19.7 Å². The zero-order valence-electron chi connectivity index (χ0n) is 5.70. The Balaban J connectivity index is 2.66. The molecule has 0 radical (unpaired) electrons. The number of hydrogen-bond donors (Lipinski definition) is 2. The van der Waals surface area contributed by atoms with Crippen molar-refractivity contribution in [1.82, 2.24) is 0 Å². The molecule has 1 atom stereocenters. The minimum atomic E-state index is -2.44. The molecular formula is C6H10O4. The Morgan fingerprint density at radius 3 is 2.40 bits per heavy atom. The smallest absolute Gasteiger partial charge is 0.319 e. The Morgan fingerprint density at radius 1 is 1.60 bits per heavy atom. The Labute approximate surface area is 58.7 Å². The van der Waals surface area contributed by atoms with Crippen LogP contribution in [0, 0.1) is 0 Å². The van der Waals surface area contributed by atoms with Gasteiger partial charge in [-0.25, -0.2) is 0 Å². The second-order valence-corrected chi connectivity index (χ2v) is 2.46. The highest BCUT2D eigenvalue weighted by molar-refractivity contribution is 4.96. The molecule has 1 unspecified atom stereocenters. The van der Waals surface area contributed by atoms with E-state index in [-0.39, 0.29) is 6.61 Å². The monoisotopic (exact) mass is 146 g/mol. The van der Waals surface area contributed by atoms with Crippen LogP contribution in [0.15, 0.2) is 12.7 Å². The topological polar surface area (TPSA) is 58.9 Å². The fourth-order valence-electron chi connectivity index (χ4n) is 0.701. The summed E-state index contributed by atoms with van der Waals surface area (Å²) in [5.41, 5.74) is -0.788. The predicted molar refractivity (Wildman–Crippen MR) is 32.8 cm³/mol. The van der Waals surface area contributed by atoms with E-state index in [1.165, 1.54) is 6.08 Å². The SMILES string of the molecule is C=CC1(C)COC(O)(O)O1. The average molecular weight is 146 g/mol. The van der Waals surface area contributed by atoms with E-state index >= 15 is 0 Å². The van der Waals surface area contributed by atoms with Crippen molar-refractivity contribution in [3.8, 4) is 0 Å². The van der Waals surface area contributed by atoms with Crippen molar-refractivity contribution in [2.45, 2.75) is 18.7 Å². The van der Waals surface area contributed by atoms with E-state index in [0.717, 1.165) is 0 Å². The summed E-state index contributed by atoms with van der Waals surface area (Å²) in [5.74, 6) is 0. The van der Waals surface area contributed by atoms with Crippen LogP contribution in [0.2, 0.25) is 0 Å². The maximum absolute atomic E-state index is 8.72. The molecule has 0 bridgehead atoms. The van der Waals surface area contributed by atoms with Crippen molar-refractivity contribution in [3.05, 3.63) is 12.7 Å². The minimum Gasteiger partial charge on any atom is -0.319 e. The summed E-state index contributed by atoms with van der Waals surface area (Å²) < 4.78 is 9.12. The summed E-state index contributed by atoms with van der Waals surface area (Å²) in [6.45, 7) is 5.20. The van der Waals surface area contributed by atoms with E-state index in [1.807, 2.05) is 0 Å². The molecule has 1 fully saturated rings. The van der Waals surface area contributed by atoms with Gasteiger partial charge in [0.25, 0.3) is 0 Å². The van der Waals surface area contributed by atoms with E-state index in [9.17, 15) is 0 Å². The van der Waals surface area contributed by atoms with E-state index in [1.54, 1.807) is 6.92 Å². The Kier molecular flexibility index (Phi) is 1.56. The quantitative estimate of drug-likeness (QED) is 0.389. The molecule has 2 N–H and O–H groups in total. The number of ether oxygens (including phenoxy) is 2. The lowest BCUT2D eigenvalue weighted by atomic mass is 10.1. The molecule has 0 saturated carbocycles. The molecule has 0 aromatic rings. The molecule has 0 aliphatic carbocycles. The third-order valence-corrected chi connectivity index (χ3v) is 1.34. The molecule has 4 nitrogen and oxygen atoms in total. The van der Waals surface area contributed by atoms with Gasteiger partial charge in [0.05, 0.1) is 6.61 Å². The van der Waals surface area contributed by atoms with Gasteiger partial charge in [0.15, 0.2) is 0 Å². The van der Waals surface area contributed by atoms with Crippen molar-refractivity contribution in [2.24, 2.45) is 0 Å². The van der Waals surface area contributed by atoms with Crippen molar-refractivity contribution >= 4 is 0 Å². The molecule has 10 heavy (non-hydrogen) atoms. The maximum atomic E-state index is 8.72. The van der Waals surface area contributed by atoms with Gasteiger partial charge in [-0.1, -0.05) is 6.08 Å². The van der Waals surface area contributed by atoms with Gasteiger partial charge in [0, 0.05) is 0 Å². The molecule has 58 valence electrons. The highest BCUT2D eigenvalue weighted by Gasteiger charge is 2.44. The van der Waals surface area contributed by atoms with Crippen molar-refractivity contribution in [3.63, 3.8) is 0 Å². The molecular weight excluding hydrogens is 136 g/mol. The van der Waals surface area contributed by atoms with Gasteiger partial charge in [-0.2, -0.15) is 0 Å². The molecule has 1 heterocycles. The summed E-state index contributed by atoms with van der Waals surface area (Å²) in [4.78, 5) is 0. The van der Waals surface area contributed by atoms with Crippen LogP contribution >= 0.6 is 0 Å². The summed E-state index contributed by atoms with van der Waals surface area (Å²) in [7, 11) is 0. The summed E-state index contributed by atoms with van der Waals surface area (Å²) >= 11 is 0. The van der Waals surface area contributed by atoms with Gasteiger partial charge in [-0.05, 0) is 6.92 Å². The molecule has 4 heteroatoms. The third kappa shape index (κ3) is 1.35. The van der Waals surface area contributed by atoms with Crippen LogP contribution < -0.4 is 0 Å². The van der Waals surface area contributed by atoms with Crippen LogP contribution in [0.5, 0.6) is 0 Å². The molecule has 0 spiro atoms. The first-order valence-electron chi connectivity index (χ1n) is 2.90. The number of hydrogen-bond acceptors (Lipinski definition) is 4. The van der Waals surface area contributed by atoms with Gasteiger partial charge in [0.1, 0.15) is 5.60 Å². The van der Waals surface area contributed by atoms with Crippen LogP contribution in [0.4, 0.5) is 0 Å². The van der Waals surface area contributed by atoms with Gasteiger partial charge in [-0.3, -0.25) is 4.74 Å².